The zero-order valence-corrected chi connectivity index (χ0v) is 12.7. The lowest BCUT2D eigenvalue weighted by atomic mass is 10.1. The third-order valence-electron chi connectivity index (χ3n) is 3.32. The van der Waals surface area contributed by atoms with Crippen molar-refractivity contribution in [3.05, 3.63) is 12.2 Å². The monoisotopic (exact) mass is 297 g/mol. The number of nitrogens with zero attached hydrogens (tertiary/aromatic N) is 1. The molecule has 0 aromatic rings. The van der Waals surface area contributed by atoms with Crippen molar-refractivity contribution >= 4 is 17.8 Å². The second-order valence-electron chi connectivity index (χ2n) is 5.26. The molecule has 1 fully saturated rings. The van der Waals surface area contributed by atoms with Crippen LogP contribution in [0.2, 0.25) is 0 Å². The fourth-order valence-corrected chi connectivity index (χ4v) is 1.95. The lowest BCUT2D eigenvalue weighted by Crippen LogP contribution is -2.29. The SMILES string of the molecule is C=C(C)C(=O)OCCOC(=O)C(C)CCN1CCCC1=O. The molecule has 0 radical (unpaired) electrons. The van der Waals surface area contributed by atoms with Crippen LogP contribution in [0.1, 0.15) is 33.1 Å². The van der Waals surface area contributed by atoms with Gasteiger partial charge in [0, 0.05) is 25.1 Å². The molecular weight excluding hydrogens is 274 g/mol. The van der Waals surface area contributed by atoms with Gasteiger partial charge in [-0.05, 0) is 19.8 Å². The van der Waals surface area contributed by atoms with Gasteiger partial charge in [-0.1, -0.05) is 13.5 Å². The van der Waals surface area contributed by atoms with Gasteiger partial charge in [0.2, 0.25) is 5.91 Å². The average molecular weight is 297 g/mol. The lowest BCUT2D eigenvalue weighted by Gasteiger charge is -2.18. The minimum Gasteiger partial charge on any atom is -0.462 e. The highest BCUT2D eigenvalue weighted by Gasteiger charge is 2.22. The van der Waals surface area contributed by atoms with Crippen LogP contribution in [0, 0.1) is 5.92 Å². The van der Waals surface area contributed by atoms with Crippen LogP contribution in [0.3, 0.4) is 0 Å². The Morgan fingerprint density at radius 1 is 1.33 bits per heavy atom. The number of likely N-dealkylation sites (tertiary alicyclic amines) is 1. The highest BCUT2D eigenvalue weighted by Crippen LogP contribution is 2.13. The van der Waals surface area contributed by atoms with E-state index in [9.17, 15) is 14.4 Å². The van der Waals surface area contributed by atoms with Gasteiger partial charge in [0.05, 0.1) is 5.92 Å². The molecule has 0 bridgehead atoms. The second-order valence-corrected chi connectivity index (χ2v) is 5.26. The van der Waals surface area contributed by atoms with Crippen molar-refractivity contribution in [2.45, 2.75) is 33.1 Å². The normalized spacial score (nSPS) is 15.7. The Morgan fingerprint density at radius 2 is 2.00 bits per heavy atom. The van der Waals surface area contributed by atoms with Crippen LogP contribution in [0.4, 0.5) is 0 Å². The molecule has 0 saturated carbocycles. The molecular formula is C15H23NO5. The van der Waals surface area contributed by atoms with Gasteiger partial charge in [-0.3, -0.25) is 9.59 Å². The maximum atomic E-state index is 11.7. The first kappa shape index (κ1) is 17.2. The van der Waals surface area contributed by atoms with Crippen LogP contribution in [-0.4, -0.2) is 49.0 Å². The van der Waals surface area contributed by atoms with Gasteiger partial charge < -0.3 is 14.4 Å². The molecule has 21 heavy (non-hydrogen) atoms. The second kappa shape index (κ2) is 8.44. The maximum Gasteiger partial charge on any atom is 0.333 e. The summed E-state index contributed by atoms with van der Waals surface area (Å²) in [6.07, 6.45) is 2.08. The summed E-state index contributed by atoms with van der Waals surface area (Å²) in [5.74, 6) is -0.961. The van der Waals surface area contributed by atoms with E-state index < -0.39 is 5.97 Å². The van der Waals surface area contributed by atoms with Crippen molar-refractivity contribution in [2.75, 3.05) is 26.3 Å². The molecule has 0 N–H and O–H groups in total. The summed E-state index contributed by atoms with van der Waals surface area (Å²) in [6.45, 7) is 8.18. The van der Waals surface area contributed by atoms with E-state index in [0.717, 1.165) is 13.0 Å². The van der Waals surface area contributed by atoms with Gasteiger partial charge in [0.25, 0.3) is 0 Å². The van der Waals surface area contributed by atoms with Crippen molar-refractivity contribution in [1.29, 1.82) is 0 Å². The van der Waals surface area contributed by atoms with Gasteiger partial charge in [0.1, 0.15) is 13.2 Å². The van der Waals surface area contributed by atoms with Gasteiger partial charge in [-0.25, -0.2) is 4.79 Å². The highest BCUT2D eigenvalue weighted by atomic mass is 16.6. The fourth-order valence-electron chi connectivity index (χ4n) is 1.95. The van der Waals surface area contributed by atoms with Crippen molar-refractivity contribution in [3.63, 3.8) is 0 Å². The lowest BCUT2D eigenvalue weighted by molar-refractivity contribution is -0.153. The van der Waals surface area contributed by atoms with Crippen molar-refractivity contribution in [1.82, 2.24) is 4.90 Å². The van der Waals surface area contributed by atoms with Crippen molar-refractivity contribution < 1.29 is 23.9 Å². The summed E-state index contributed by atoms with van der Waals surface area (Å²) in [5.41, 5.74) is 0.310. The number of rotatable bonds is 8. The Balaban J connectivity index is 2.14. The minimum absolute atomic E-state index is 0.0226. The molecule has 6 nitrogen and oxygen atoms in total. The maximum absolute atomic E-state index is 11.7. The zero-order chi connectivity index (χ0) is 15.8. The zero-order valence-electron chi connectivity index (χ0n) is 12.7. The third-order valence-corrected chi connectivity index (χ3v) is 3.32. The molecule has 1 amide bonds. The molecule has 1 saturated heterocycles. The summed E-state index contributed by atoms with van der Waals surface area (Å²) >= 11 is 0. The fraction of sp³-hybridized carbons (Fsp3) is 0.667. The Labute approximate surface area is 125 Å². The van der Waals surface area contributed by atoms with Crippen molar-refractivity contribution in [2.24, 2.45) is 5.92 Å². The Bertz CT molecular complexity index is 418. The average Bonchev–Trinajstić information content (AvgIpc) is 2.85. The van der Waals surface area contributed by atoms with Crippen LogP contribution in [0.25, 0.3) is 0 Å². The first-order valence-electron chi connectivity index (χ1n) is 7.19. The molecule has 0 spiro atoms. The first-order chi connectivity index (χ1) is 9.91. The molecule has 1 rings (SSSR count). The third kappa shape index (κ3) is 5.97. The number of esters is 2. The Hall–Kier alpha value is -1.85. The molecule has 1 aliphatic rings. The first-order valence-corrected chi connectivity index (χ1v) is 7.19. The van der Waals surface area contributed by atoms with Gasteiger partial charge in [-0.15, -0.1) is 0 Å². The molecule has 1 atom stereocenters. The Morgan fingerprint density at radius 3 is 2.57 bits per heavy atom. The van der Waals surface area contributed by atoms with E-state index in [1.165, 1.54) is 0 Å². The summed E-state index contributed by atoms with van der Waals surface area (Å²) in [7, 11) is 0. The van der Waals surface area contributed by atoms with Crippen molar-refractivity contribution in [3.8, 4) is 0 Å². The van der Waals surface area contributed by atoms with E-state index in [-0.39, 0.29) is 31.0 Å². The Kier molecular flexibility index (Phi) is 6.91. The molecule has 1 unspecified atom stereocenters. The number of hydrogen-bond donors (Lipinski definition) is 0. The summed E-state index contributed by atoms with van der Waals surface area (Å²) < 4.78 is 9.85. The number of carbonyl (C=O) groups excluding carboxylic acids is 3. The van der Waals surface area contributed by atoms with Gasteiger partial charge >= 0.3 is 11.9 Å². The van der Waals surface area contributed by atoms with Crippen LogP contribution < -0.4 is 0 Å². The van der Waals surface area contributed by atoms with E-state index >= 15 is 0 Å². The largest absolute Gasteiger partial charge is 0.462 e. The standard InChI is InChI=1S/C15H23NO5/c1-11(2)14(18)20-9-10-21-15(19)12(3)6-8-16-7-4-5-13(16)17/h12H,1,4-10H2,2-3H3. The number of amides is 1. The van der Waals surface area contributed by atoms with Crippen LogP contribution in [0.5, 0.6) is 0 Å². The minimum atomic E-state index is -0.494. The van der Waals surface area contributed by atoms with E-state index in [0.29, 0.717) is 25.0 Å². The number of carbonyl (C=O) groups is 3. The molecule has 0 aromatic heterocycles. The molecule has 1 aliphatic heterocycles. The topological polar surface area (TPSA) is 72.9 Å². The smallest absolute Gasteiger partial charge is 0.333 e. The van der Waals surface area contributed by atoms with Gasteiger partial charge in [0.15, 0.2) is 0 Å². The predicted octanol–water partition coefficient (Wildman–Crippen LogP) is 1.30. The molecule has 0 aromatic carbocycles. The van der Waals surface area contributed by atoms with Crippen LogP contribution in [-0.2, 0) is 23.9 Å². The van der Waals surface area contributed by atoms with Gasteiger partial charge in [-0.2, -0.15) is 0 Å². The molecule has 6 heteroatoms. The molecule has 1 heterocycles. The van der Waals surface area contributed by atoms with E-state index in [1.54, 1.807) is 18.7 Å². The predicted molar refractivity (Wildman–Crippen MR) is 76.3 cm³/mol. The number of ether oxygens (including phenoxy) is 2. The van der Waals surface area contributed by atoms with E-state index in [1.807, 2.05) is 0 Å². The number of hydrogen-bond acceptors (Lipinski definition) is 5. The summed E-state index contributed by atoms with van der Waals surface area (Å²) in [6, 6.07) is 0. The highest BCUT2D eigenvalue weighted by molar-refractivity contribution is 5.86. The molecule has 0 aliphatic carbocycles. The van der Waals surface area contributed by atoms with Crippen LogP contribution >= 0.6 is 0 Å². The van der Waals surface area contributed by atoms with Crippen LogP contribution in [0.15, 0.2) is 12.2 Å². The van der Waals surface area contributed by atoms with E-state index in [2.05, 4.69) is 6.58 Å². The molecule has 118 valence electrons. The van der Waals surface area contributed by atoms with E-state index in [4.69, 9.17) is 9.47 Å². The summed E-state index contributed by atoms with van der Waals surface area (Å²) in [4.78, 5) is 36.0. The quantitative estimate of drug-likeness (QED) is 0.383. The summed E-state index contributed by atoms with van der Waals surface area (Å²) in [5, 5.41) is 0.